The first-order chi connectivity index (χ1) is 11.4. The van der Waals surface area contributed by atoms with Crippen LogP contribution in [0.4, 0.5) is 0 Å². The first-order valence-electron chi connectivity index (χ1n) is 7.50. The standard InChI is InChI=1S/C17H21NO6/c1-9(19)8-18-15(20)7-12-10(2)16-13(23-4)5-11(22-3)6-14(16)24-17(12)21/h5-6,9,19H,7-8H2,1-4H3,(H,18,20). The number of hydrogen-bond acceptors (Lipinski definition) is 6. The SMILES string of the molecule is COc1cc(OC)c2c(C)c(CC(=O)NCC(C)O)c(=O)oc2c1. The number of aliphatic hydroxyl groups excluding tert-OH is 1. The van der Waals surface area contributed by atoms with Gasteiger partial charge in [-0.1, -0.05) is 0 Å². The van der Waals surface area contributed by atoms with E-state index in [1.54, 1.807) is 26.0 Å². The van der Waals surface area contributed by atoms with Gasteiger partial charge in [-0.2, -0.15) is 0 Å². The van der Waals surface area contributed by atoms with Crippen LogP contribution in [0.15, 0.2) is 21.3 Å². The van der Waals surface area contributed by atoms with Crippen molar-refractivity contribution >= 4 is 16.9 Å². The lowest BCUT2D eigenvalue weighted by molar-refractivity contribution is -0.120. The van der Waals surface area contributed by atoms with E-state index in [0.29, 0.717) is 28.0 Å². The fourth-order valence-electron chi connectivity index (χ4n) is 2.45. The van der Waals surface area contributed by atoms with Crippen LogP contribution in [-0.2, 0) is 11.2 Å². The Balaban J connectivity index is 2.49. The molecule has 1 heterocycles. The summed E-state index contributed by atoms with van der Waals surface area (Å²) in [5.74, 6) is 0.638. The molecule has 7 heteroatoms. The predicted octanol–water partition coefficient (Wildman–Crippen LogP) is 1.16. The van der Waals surface area contributed by atoms with Gasteiger partial charge in [0.2, 0.25) is 5.91 Å². The van der Waals surface area contributed by atoms with Crippen molar-refractivity contribution in [3.8, 4) is 11.5 Å². The van der Waals surface area contributed by atoms with Crippen LogP contribution >= 0.6 is 0 Å². The van der Waals surface area contributed by atoms with Gasteiger partial charge in [0.1, 0.15) is 17.1 Å². The number of rotatable bonds is 6. The third-order valence-corrected chi connectivity index (χ3v) is 3.70. The molecule has 0 saturated carbocycles. The number of ether oxygens (including phenoxy) is 2. The molecular weight excluding hydrogens is 314 g/mol. The maximum atomic E-state index is 12.2. The highest BCUT2D eigenvalue weighted by atomic mass is 16.5. The number of hydrogen-bond donors (Lipinski definition) is 2. The summed E-state index contributed by atoms with van der Waals surface area (Å²) in [6.45, 7) is 3.43. The maximum Gasteiger partial charge on any atom is 0.340 e. The van der Waals surface area contributed by atoms with E-state index in [-0.39, 0.29) is 24.4 Å². The van der Waals surface area contributed by atoms with Crippen LogP contribution in [0.2, 0.25) is 0 Å². The molecule has 1 amide bonds. The van der Waals surface area contributed by atoms with E-state index < -0.39 is 11.7 Å². The van der Waals surface area contributed by atoms with E-state index in [4.69, 9.17) is 13.9 Å². The molecule has 0 spiro atoms. The Morgan fingerprint density at radius 3 is 2.62 bits per heavy atom. The van der Waals surface area contributed by atoms with Gasteiger partial charge in [-0.3, -0.25) is 4.79 Å². The summed E-state index contributed by atoms with van der Waals surface area (Å²) in [5, 5.41) is 12.4. The van der Waals surface area contributed by atoms with E-state index in [0.717, 1.165) is 0 Å². The van der Waals surface area contributed by atoms with Crippen LogP contribution in [0, 0.1) is 6.92 Å². The first-order valence-corrected chi connectivity index (χ1v) is 7.50. The van der Waals surface area contributed by atoms with E-state index in [1.165, 1.54) is 14.2 Å². The molecule has 24 heavy (non-hydrogen) atoms. The second kappa shape index (κ2) is 7.35. The lowest BCUT2D eigenvalue weighted by atomic mass is 10.0. The average Bonchev–Trinajstić information content (AvgIpc) is 2.55. The Bertz CT molecular complexity index is 809. The van der Waals surface area contributed by atoms with Gasteiger partial charge in [0.05, 0.1) is 37.7 Å². The van der Waals surface area contributed by atoms with Crippen molar-refractivity contribution in [3.63, 3.8) is 0 Å². The van der Waals surface area contributed by atoms with Gasteiger partial charge in [-0.25, -0.2) is 4.79 Å². The van der Waals surface area contributed by atoms with Crippen molar-refractivity contribution in [2.75, 3.05) is 20.8 Å². The van der Waals surface area contributed by atoms with Crippen molar-refractivity contribution in [1.82, 2.24) is 5.32 Å². The maximum absolute atomic E-state index is 12.2. The topological polar surface area (TPSA) is 98.0 Å². The molecule has 2 aromatic rings. The molecule has 0 aliphatic carbocycles. The Morgan fingerprint density at radius 1 is 1.33 bits per heavy atom. The smallest absolute Gasteiger partial charge is 0.340 e. The van der Waals surface area contributed by atoms with Crippen molar-refractivity contribution < 1.29 is 23.8 Å². The number of fused-ring (bicyclic) bond motifs is 1. The third-order valence-electron chi connectivity index (χ3n) is 3.70. The van der Waals surface area contributed by atoms with E-state index in [1.807, 2.05) is 0 Å². The molecule has 1 unspecified atom stereocenters. The molecule has 130 valence electrons. The van der Waals surface area contributed by atoms with Crippen LogP contribution < -0.4 is 20.4 Å². The molecule has 0 aliphatic rings. The van der Waals surface area contributed by atoms with Crippen LogP contribution in [0.25, 0.3) is 11.0 Å². The third kappa shape index (κ3) is 3.68. The minimum atomic E-state index is -0.657. The summed E-state index contributed by atoms with van der Waals surface area (Å²) in [7, 11) is 3.01. The molecule has 2 rings (SSSR count). The Hall–Kier alpha value is -2.54. The van der Waals surface area contributed by atoms with E-state index >= 15 is 0 Å². The molecule has 0 aliphatic heterocycles. The van der Waals surface area contributed by atoms with Crippen LogP contribution in [-0.4, -0.2) is 37.9 Å². The number of amides is 1. The Labute approximate surface area is 139 Å². The van der Waals surface area contributed by atoms with Crippen LogP contribution in [0.3, 0.4) is 0 Å². The van der Waals surface area contributed by atoms with Gasteiger partial charge in [0.15, 0.2) is 0 Å². The second-order valence-electron chi connectivity index (χ2n) is 5.53. The number of methoxy groups -OCH3 is 2. The highest BCUT2D eigenvalue weighted by Crippen LogP contribution is 2.33. The van der Waals surface area contributed by atoms with Crippen LogP contribution in [0.5, 0.6) is 11.5 Å². The molecular formula is C17H21NO6. The van der Waals surface area contributed by atoms with Gasteiger partial charge in [-0.15, -0.1) is 0 Å². The normalized spacial score (nSPS) is 12.0. The predicted molar refractivity (Wildman–Crippen MR) is 88.7 cm³/mol. The number of nitrogens with one attached hydrogen (secondary N) is 1. The highest BCUT2D eigenvalue weighted by molar-refractivity contribution is 5.90. The summed E-state index contributed by atoms with van der Waals surface area (Å²) in [6, 6.07) is 3.29. The van der Waals surface area contributed by atoms with E-state index in [2.05, 4.69) is 5.32 Å². The Kier molecular flexibility index (Phi) is 5.46. The molecule has 1 aromatic carbocycles. The summed E-state index contributed by atoms with van der Waals surface area (Å²) in [4.78, 5) is 24.2. The van der Waals surface area contributed by atoms with Crippen molar-refractivity contribution in [3.05, 3.63) is 33.7 Å². The van der Waals surface area contributed by atoms with Gasteiger partial charge in [0.25, 0.3) is 0 Å². The average molecular weight is 335 g/mol. The summed E-state index contributed by atoms with van der Waals surface area (Å²) >= 11 is 0. The van der Waals surface area contributed by atoms with Gasteiger partial charge in [-0.05, 0) is 19.4 Å². The minimum Gasteiger partial charge on any atom is -0.496 e. The van der Waals surface area contributed by atoms with Crippen molar-refractivity contribution in [2.45, 2.75) is 26.4 Å². The summed E-state index contributed by atoms with van der Waals surface area (Å²) in [5.41, 5.74) is 0.631. The zero-order valence-electron chi connectivity index (χ0n) is 14.1. The minimum absolute atomic E-state index is 0.122. The van der Waals surface area contributed by atoms with Crippen molar-refractivity contribution in [1.29, 1.82) is 0 Å². The largest absolute Gasteiger partial charge is 0.496 e. The molecule has 7 nitrogen and oxygen atoms in total. The number of carbonyl (C=O) groups excluding carboxylic acids is 1. The molecule has 0 bridgehead atoms. The van der Waals surface area contributed by atoms with E-state index in [9.17, 15) is 14.7 Å². The van der Waals surface area contributed by atoms with Gasteiger partial charge < -0.3 is 24.3 Å². The molecule has 1 atom stereocenters. The number of carbonyl (C=O) groups is 1. The zero-order valence-corrected chi connectivity index (χ0v) is 14.1. The summed E-state index contributed by atoms with van der Waals surface area (Å²) in [6.07, 6.45) is -0.790. The lowest BCUT2D eigenvalue weighted by Crippen LogP contribution is -2.33. The van der Waals surface area contributed by atoms with Crippen molar-refractivity contribution in [2.24, 2.45) is 0 Å². The lowest BCUT2D eigenvalue weighted by Gasteiger charge is -2.13. The number of aliphatic hydroxyl groups is 1. The highest BCUT2D eigenvalue weighted by Gasteiger charge is 2.18. The molecule has 1 aromatic heterocycles. The molecule has 2 N–H and O–H groups in total. The summed E-state index contributed by atoms with van der Waals surface area (Å²) < 4.78 is 15.9. The number of benzene rings is 1. The second-order valence-corrected chi connectivity index (χ2v) is 5.53. The quantitative estimate of drug-likeness (QED) is 0.769. The van der Waals surface area contributed by atoms with Gasteiger partial charge >= 0.3 is 5.63 Å². The first kappa shape index (κ1) is 17.8. The van der Waals surface area contributed by atoms with Gasteiger partial charge in [0, 0.05) is 18.7 Å². The Morgan fingerprint density at radius 2 is 2.04 bits per heavy atom. The van der Waals surface area contributed by atoms with Crippen LogP contribution in [0.1, 0.15) is 18.1 Å². The molecule has 0 fully saturated rings. The monoisotopic (exact) mass is 335 g/mol. The zero-order chi connectivity index (χ0) is 17.9. The fraction of sp³-hybridized carbons (Fsp3) is 0.412. The molecule has 0 radical (unpaired) electrons. The fourth-order valence-corrected chi connectivity index (χ4v) is 2.45. The molecule has 0 saturated heterocycles. The number of aryl methyl sites for hydroxylation is 1.